The highest BCUT2D eigenvalue weighted by molar-refractivity contribution is 6.15. The van der Waals surface area contributed by atoms with Gasteiger partial charge in [0, 0.05) is 54.7 Å². The summed E-state index contributed by atoms with van der Waals surface area (Å²) < 4.78 is 11.4. The molecule has 9 aromatic carbocycles. The van der Waals surface area contributed by atoms with Crippen LogP contribution in [0, 0.1) is 0 Å². The zero-order chi connectivity index (χ0) is 41.4. The van der Waals surface area contributed by atoms with E-state index in [-0.39, 0.29) is 0 Å². The van der Waals surface area contributed by atoms with Gasteiger partial charge in [-0.15, -0.1) is 0 Å². The number of furan rings is 1. The first-order valence-electron chi connectivity index (χ1n) is 21.3. The third-order valence-corrected chi connectivity index (χ3v) is 12.5. The van der Waals surface area contributed by atoms with Gasteiger partial charge in [-0.3, -0.25) is 0 Å². The van der Waals surface area contributed by atoms with E-state index in [1.54, 1.807) is 0 Å². The Balaban J connectivity index is 1.11. The monoisotopic (exact) mass is 804 g/mol. The quantitative estimate of drug-likeness (QED) is 0.168. The molecule has 0 radical (unpaired) electrons. The van der Waals surface area contributed by atoms with Crippen molar-refractivity contribution in [1.82, 2.24) is 19.1 Å². The van der Waals surface area contributed by atoms with Crippen LogP contribution in [-0.4, -0.2) is 19.1 Å². The van der Waals surface area contributed by atoms with Crippen LogP contribution in [0.2, 0.25) is 0 Å². The van der Waals surface area contributed by atoms with Crippen LogP contribution in [0.15, 0.2) is 223 Å². The molecular weight excluding hydrogens is 769 g/mol. The van der Waals surface area contributed by atoms with Gasteiger partial charge in [0.1, 0.15) is 5.58 Å². The Bertz CT molecular complexity index is 3840. The first-order chi connectivity index (χ1) is 31.2. The van der Waals surface area contributed by atoms with E-state index >= 15 is 0 Å². The minimum atomic E-state index is 0.680. The van der Waals surface area contributed by atoms with E-state index in [1.807, 2.05) is 36.4 Å². The summed E-state index contributed by atoms with van der Waals surface area (Å²) in [5.41, 5.74) is 15.3. The lowest BCUT2D eigenvalue weighted by Crippen LogP contribution is -1.98. The Labute approximate surface area is 362 Å². The molecule has 0 amide bonds. The van der Waals surface area contributed by atoms with E-state index in [1.165, 1.54) is 16.2 Å². The summed E-state index contributed by atoms with van der Waals surface area (Å²) >= 11 is 0. The smallest absolute Gasteiger partial charge is 0.160 e. The molecule has 0 saturated carbocycles. The molecule has 4 heterocycles. The SMILES string of the molecule is c1ccc(-c2cc(-c3cc4c(cc3-c3ccc5c(c3)c3ccccc3n5-c3cccc5c3oc3ccccc35)c3ccccc3n4-c3ccccc3)nc(-c3ccccc3)n2)cc1. The van der Waals surface area contributed by atoms with Gasteiger partial charge < -0.3 is 13.6 Å². The maximum Gasteiger partial charge on any atom is 0.160 e. The maximum absolute atomic E-state index is 6.62. The molecule has 0 fully saturated rings. The number of fused-ring (bicyclic) bond motifs is 9. The molecule has 0 atom stereocenters. The van der Waals surface area contributed by atoms with Crippen LogP contribution in [0.25, 0.3) is 122 Å². The summed E-state index contributed by atoms with van der Waals surface area (Å²) in [4.78, 5) is 10.6. The van der Waals surface area contributed by atoms with Crippen LogP contribution >= 0.6 is 0 Å². The Morgan fingerprint density at radius 3 is 1.68 bits per heavy atom. The number of nitrogens with zero attached hydrogens (tertiary/aromatic N) is 4. The van der Waals surface area contributed by atoms with Gasteiger partial charge in [-0.05, 0) is 77.9 Å². The zero-order valence-corrected chi connectivity index (χ0v) is 34.0. The lowest BCUT2D eigenvalue weighted by atomic mass is 9.93. The lowest BCUT2D eigenvalue weighted by molar-refractivity contribution is 0.666. The van der Waals surface area contributed by atoms with Crippen molar-refractivity contribution in [3.8, 4) is 56.4 Å². The molecule has 0 aliphatic rings. The molecule has 63 heavy (non-hydrogen) atoms. The summed E-state index contributed by atoms with van der Waals surface area (Å²) in [5, 5.41) is 6.92. The summed E-state index contributed by atoms with van der Waals surface area (Å²) in [6.07, 6.45) is 0. The van der Waals surface area contributed by atoms with Gasteiger partial charge >= 0.3 is 0 Å². The van der Waals surface area contributed by atoms with Crippen molar-refractivity contribution in [1.29, 1.82) is 0 Å². The van der Waals surface area contributed by atoms with Gasteiger partial charge in [-0.2, -0.15) is 0 Å². The van der Waals surface area contributed by atoms with E-state index in [0.717, 1.165) is 100.0 Å². The average molecular weight is 805 g/mol. The Hall–Kier alpha value is -8.54. The first-order valence-corrected chi connectivity index (χ1v) is 21.3. The maximum atomic E-state index is 6.62. The number of benzene rings is 9. The van der Waals surface area contributed by atoms with Gasteiger partial charge in [-0.1, -0.05) is 152 Å². The molecule has 0 saturated heterocycles. The second-order valence-corrected chi connectivity index (χ2v) is 16.1. The molecule has 0 aliphatic carbocycles. The van der Waals surface area contributed by atoms with E-state index in [9.17, 15) is 0 Å². The fourth-order valence-electron chi connectivity index (χ4n) is 9.69. The predicted molar refractivity (Wildman–Crippen MR) is 260 cm³/mol. The van der Waals surface area contributed by atoms with Crippen LogP contribution < -0.4 is 0 Å². The largest absolute Gasteiger partial charge is 0.454 e. The van der Waals surface area contributed by atoms with Gasteiger partial charge in [0.05, 0.1) is 39.1 Å². The lowest BCUT2D eigenvalue weighted by Gasteiger charge is -2.15. The fourth-order valence-corrected chi connectivity index (χ4v) is 9.69. The summed E-state index contributed by atoms with van der Waals surface area (Å²) in [5.74, 6) is 0.680. The molecule has 5 nitrogen and oxygen atoms in total. The van der Waals surface area contributed by atoms with E-state index in [2.05, 4.69) is 191 Å². The van der Waals surface area contributed by atoms with Gasteiger partial charge in [0.2, 0.25) is 0 Å². The number of hydrogen-bond donors (Lipinski definition) is 0. The van der Waals surface area contributed by atoms with Crippen molar-refractivity contribution in [3.63, 3.8) is 0 Å². The van der Waals surface area contributed by atoms with E-state index < -0.39 is 0 Å². The highest BCUT2D eigenvalue weighted by Gasteiger charge is 2.22. The molecule has 0 bridgehead atoms. The Morgan fingerprint density at radius 1 is 0.333 bits per heavy atom. The predicted octanol–water partition coefficient (Wildman–Crippen LogP) is 15.2. The van der Waals surface area contributed by atoms with Crippen molar-refractivity contribution in [2.24, 2.45) is 0 Å². The summed E-state index contributed by atoms with van der Waals surface area (Å²) in [7, 11) is 0. The first kappa shape index (κ1) is 35.2. The molecule has 4 aromatic heterocycles. The van der Waals surface area contributed by atoms with Gasteiger partial charge in [0.15, 0.2) is 11.4 Å². The number of aromatic nitrogens is 4. The van der Waals surface area contributed by atoms with Crippen molar-refractivity contribution in [3.05, 3.63) is 218 Å². The third-order valence-electron chi connectivity index (χ3n) is 12.5. The Morgan fingerprint density at radius 2 is 0.921 bits per heavy atom. The van der Waals surface area contributed by atoms with Gasteiger partial charge in [0.25, 0.3) is 0 Å². The number of hydrogen-bond acceptors (Lipinski definition) is 3. The molecule has 0 spiro atoms. The van der Waals surface area contributed by atoms with Gasteiger partial charge in [-0.25, -0.2) is 9.97 Å². The molecule has 0 N–H and O–H groups in total. The number of rotatable bonds is 6. The minimum absolute atomic E-state index is 0.680. The molecule has 13 rings (SSSR count). The molecule has 294 valence electrons. The molecular formula is C58H36N4O. The van der Waals surface area contributed by atoms with Crippen LogP contribution in [0.3, 0.4) is 0 Å². The second kappa shape index (κ2) is 14.0. The van der Waals surface area contributed by atoms with E-state index in [4.69, 9.17) is 14.4 Å². The second-order valence-electron chi connectivity index (χ2n) is 16.1. The zero-order valence-electron chi connectivity index (χ0n) is 34.0. The van der Waals surface area contributed by atoms with Crippen LogP contribution in [0.1, 0.15) is 0 Å². The molecule has 13 aromatic rings. The van der Waals surface area contributed by atoms with Crippen molar-refractivity contribution < 1.29 is 4.42 Å². The summed E-state index contributed by atoms with van der Waals surface area (Å²) in [6, 6.07) is 77.3. The minimum Gasteiger partial charge on any atom is -0.454 e. The average Bonchev–Trinajstić information content (AvgIpc) is 4.02. The third kappa shape index (κ3) is 5.57. The topological polar surface area (TPSA) is 48.8 Å². The summed E-state index contributed by atoms with van der Waals surface area (Å²) in [6.45, 7) is 0. The van der Waals surface area contributed by atoms with Crippen LogP contribution in [0.5, 0.6) is 0 Å². The fraction of sp³-hybridized carbons (Fsp3) is 0. The molecule has 0 aliphatic heterocycles. The molecule has 0 unspecified atom stereocenters. The normalized spacial score (nSPS) is 11.8. The van der Waals surface area contributed by atoms with Crippen LogP contribution in [-0.2, 0) is 0 Å². The van der Waals surface area contributed by atoms with Crippen molar-refractivity contribution in [2.75, 3.05) is 0 Å². The van der Waals surface area contributed by atoms with Crippen molar-refractivity contribution in [2.45, 2.75) is 0 Å². The van der Waals surface area contributed by atoms with E-state index in [0.29, 0.717) is 5.82 Å². The number of para-hydroxylation sites is 5. The standard InChI is InChI=1S/C58H36N4O/c1-4-17-37(18-5-1)49-36-50(60-58(59-49)38-19-6-2-7-20-38)46-35-55-48(42-24-10-13-27-51(42)61(55)40-21-8-3-9-22-40)34-45(46)39-31-32-53-47(33-39)41-23-11-14-28-52(41)62(53)54-29-16-26-44-43-25-12-15-30-56(43)63-57(44)54/h1-36H. The van der Waals surface area contributed by atoms with Crippen molar-refractivity contribution >= 4 is 65.6 Å². The van der Waals surface area contributed by atoms with Crippen LogP contribution in [0.4, 0.5) is 0 Å². The molecule has 5 heteroatoms. The highest BCUT2D eigenvalue weighted by atomic mass is 16.3. The Kier molecular flexibility index (Phi) is 7.84. The highest BCUT2D eigenvalue weighted by Crippen LogP contribution is 2.44.